The lowest BCUT2D eigenvalue weighted by Crippen LogP contribution is -2.35. The maximum Gasteiger partial charge on any atom is 0.130 e. The largest absolute Gasteiger partial charge is 0.464 e. The van der Waals surface area contributed by atoms with Crippen molar-refractivity contribution in [3.63, 3.8) is 0 Å². The highest BCUT2D eigenvalue weighted by Gasteiger charge is 2.17. The van der Waals surface area contributed by atoms with Crippen LogP contribution in [0, 0.1) is 12.8 Å². The second-order valence-corrected chi connectivity index (χ2v) is 7.04. The summed E-state index contributed by atoms with van der Waals surface area (Å²) in [5.74, 6) is 2.86. The minimum absolute atomic E-state index is 0.128. The topological polar surface area (TPSA) is 34.4 Å². The normalized spacial score (nSPS) is 16.4. The summed E-state index contributed by atoms with van der Waals surface area (Å²) in [5.41, 5.74) is 1.36. The molecule has 0 spiro atoms. The van der Waals surface area contributed by atoms with Crippen molar-refractivity contribution in [2.75, 3.05) is 6.61 Å². The van der Waals surface area contributed by atoms with Crippen LogP contribution in [0.2, 0.25) is 0 Å². The number of aryl methyl sites for hydroxylation is 1. The maximum absolute atomic E-state index is 5.76. The van der Waals surface area contributed by atoms with Gasteiger partial charge in [0.2, 0.25) is 0 Å². The Hall–Kier alpha value is -0.800. The van der Waals surface area contributed by atoms with Crippen molar-refractivity contribution in [1.82, 2.24) is 5.32 Å². The molecule has 1 fully saturated rings. The molecule has 0 aliphatic heterocycles. The Bertz CT molecular complexity index is 413. The van der Waals surface area contributed by atoms with E-state index in [9.17, 15) is 0 Å². The van der Waals surface area contributed by atoms with Gasteiger partial charge in [-0.25, -0.2) is 0 Å². The van der Waals surface area contributed by atoms with Crippen LogP contribution >= 0.6 is 0 Å². The molecule has 0 radical (unpaired) electrons. The van der Waals surface area contributed by atoms with Crippen LogP contribution in [0.1, 0.15) is 63.5 Å². The summed E-state index contributed by atoms with van der Waals surface area (Å²) < 4.78 is 11.5. The van der Waals surface area contributed by atoms with Crippen molar-refractivity contribution in [2.24, 2.45) is 5.92 Å². The van der Waals surface area contributed by atoms with E-state index in [4.69, 9.17) is 9.15 Å². The van der Waals surface area contributed by atoms with Crippen LogP contribution in [0.5, 0.6) is 0 Å². The van der Waals surface area contributed by atoms with Gasteiger partial charge in [-0.3, -0.25) is 0 Å². The maximum atomic E-state index is 5.76. The molecule has 1 N–H and O–H groups in total. The molecule has 1 saturated carbocycles. The van der Waals surface area contributed by atoms with Crippen LogP contribution in [0.4, 0.5) is 0 Å². The highest BCUT2D eigenvalue weighted by atomic mass is 16.5. The van der Waals surface area contributed by atoms with E-state index in [2.05, 4.69) is 32.2 Å². The molecule has 0 atom stereocenters. The van der Waals surface area contributed by atoms with Gasteiger partial charge in [0.15, 0.2) is 0 Å². The van der Waals surface area contributed by atoms with Gasteiger partial charge in [-0.05, 0) is 46.1 Å². The van der Waals surface area contributed by atoms with Gasteiger partial charge in [-0.15, -0.1) is 0 Å². The highest BCUT2D eigenvalue weighted by molar-refractivity contribution is 5.20. The van der Waals surface area contributed by atoms with Crippen LogP contribution in [0.15, 0.2) is 10.5 Å². The van der Waals surface area contributed by atoms with E-state index in [1.807, 2.05) is 6.92 Å². The molecular formula is C17H29NO2. The summed E-state index contributed by atoms with van der Waals surface area (Å²) in [6, 6.07) is 2.12. The van der Waals surface area contributed by atoms with E-state index in [1.165, 1.54) is 31.2 Å². The Morgan fingerprint density at radius 3 is 2.70 bits per heavy atom. The van der Waals surface area contributed by atoms with Gasteiger partial charge in [0.1, 0.15) is 18.1 Å². The smallest absolute Gasteiger partial charge is 0.130 e. The third-order valence-corrected chi connectivity index (χ3v) is 4.02. The minimum atomic E-state index is 0.128. The first-order valence-electron chi connectivity index (χ1n) is 7.85. The van der Waals surface area contributed by atoms with Gasteiger partial charge >= 0.3 is 0 Å². The Morgan fingerprint density at radius 1 is 1.35 bits per heavy atom. The van der Waals surface area contributed by atoms with Gasteiger partial charge in [-0.1, -0.05) is 19.3 Å². The molecule has 0 unspecified atom stereocenters. The molecule has 114 valence electrons. The van der Waals surface area contributed by atoms with Crippen LogP contribution in [-0.4, -0.2) is 12.1 Å². The molecule has 0 amide bonds. The average Bonchev–Trinajstić information content (AvgIpc) is 2.64. The van der Waals surface area contributed by atoms with E-state index < -0.39 is 0 Å². The van der Waals surface area contributed by atoms with E-state index in [0.29, 0.717) is 6.61 Å². The molecule has 1 aromatic heterocycles. The van der Waals surface area contributed by atoms with Gasteiger partial charge in [0.25, 0.3) is 0 Å². The standard InChI is InChI=1S/C17H29NO2/c1-13-15(11-18-17(2,3)4)10-16(20-13)12-19-9-8-14-6-5-7-14/h10,14,18H,5-9,11-12H2,1-4H3. The Labute approximate surface area is 123 Å². The molecule has 0 bridgehead atoms. The number of hydrogen-bond donors (Lipinski definition) is 1. The van der Waals surface area contributed by atoms with E-state index >= 15 is 0 Å². The third kappa shape index (κ3) is 4.95. The predicted octanol–water partition coefficient (Wildman–Crippen LogP) is 4.18. The number of rotatable bonds is 7. The van der Waals surface area contributed by atoms with Gasteiger partial charge < -0.3 is 14.5 Å². The fourth-order valence-electron chi connectivity index (χ4n) is 2.40. The monoisotopic (exact) mass is 279 g/mol. The van der Waals surface area contributed by atoms with Crippen molar-refractivity contribution in [1.29, 1.82) is 0 Å². The summed E-state index contributed by atoms with van der Waals surface area (Å²) in [6.07, 6.45) is 5.40. The zero-order chi connectivity index (χ0) is 14.6. The minimum Gasteiger partial charge on any atom is -0.464 e. The van der Waals surface area contributed by atoms with Crippen LogP contribution in [0.25, 0.3) is 0 Å². The van der Waals surface area contributed by atoms with Crippen molar-refractivity contribution < 1.29 is 9.15 Å². The van der Waals surface area contributed by atoms with E-state index in [1.54, 1.807) is 0 Å². The van der Waals surface area contributed by atoms with Crippen LogP contribution in [-0.2, 0) is 17.9 Å². The summed E-state index contributed by atoms with van der Waals surface area (Å²) in [7, 11) is 0. The molecule has 1 aromatic rings. The van der Waals surface area contributed by atoms with Crippen molar-refractivity contribution in [3.05, 3.63) is 23.2 Å². The SMILES string of the molecule is Cc1oc(COCCC2CCC2)cc1CNC(C)(C)C. The summed E-state index contributed by atoms with van der Waals surface area (Å²) in [5, 5.41) is 3.49. The number of furan rings is 1. The fourth-order valence-corrected chi connectivity index (χ4v) is 2.40. The van der Waals surface area contributed by atoms with Gasteiger partial charge in [0.05, 0.1) is 0 Å². The zero-order valence-corrected chi connectivity index (χ0v) is 13.4. The summed E-state index contributed by atoms with van der Waals surface area (Å²) >= 11 is 0. The van der Waals surface area contributed by atoms with Crippen molar-refractivity contribution in [2.45, 2.75) is 72.1 Å². The van der Waals surface area contributed by atoms with Crippen LogP contribution in [0.3, 0.4) is 0 Å². The molecular weight excluding hydrogens is 250 g/mol. The third-order valence-electron chi connectivity index (χ3n) is 4.02. The summed E-state index contributed by atoms with van der Waals surface area (Å²) in [6.45, 7) is 10.9. The van der Waals surface area contributed by atoms with Gasteiger partial charge in [-0.2, -0.15) is 0 Å². The summed E-state index contributed by atoms with van der Waals surface area (Å²) in [4.78, 5) is 0. The molecule has 20 heavy (non-hydrogen) atoms. The molecule has 0 saturated heterocycles. The Morgan fingerprint density at radius 2 is 2.10 bits per heavy atom. The first-order chi connectivity index (χ1) is 9.44. The second kappa shape index (κ2) is 6.77. The molecule has 2 rings (SSSR count). The first-order valence-corrected chi connectivity index (χ1v) is 7.85. The molecule has 1 heterocycles. The average molecular weight is 279 g/mol. The molecule has 3 nitrogen and oxygen atoms in total. The molecule has 3 heteroatoms. The van der Waals surface area contributed by atoms with Crippen LogP contribution < -0.4 is 5.32 Å². The Balaban J connectivity index is 1.71. The predicted molar refractivity (Wildman–Crippen MR) is 81.7 cm³/mol. The zero-order valence-electron chi connectivity index (χ0n) is 13.4. The number of hydrogen-bond acceptors (Lipinski definition) is 3. The van der Waals surface area contributed by atoms with Gasteiger partial charge in [0, 0.05) is 24.3 Å². The second-order valence-electron chi connectivity index (χ2n) is 7.04. The van der Waals surface area contributed by atoms with Crippen molar-refractivity contribution in [3.8, 4) is 0 Å². The number of ether oxygens (including phenoxy) is 1. The molecule has 1 aliphatic carbocycles. The lowest BCUT2D eigenvalue weighted by Gasteiger charge is -2.24. The Kier molecular flexibility index (Phi) is 5.28. The van der Waals surface area contributed by atoms with Crippen molar-refractivity contribution >= 4 is 0 Å². The van der Waals surface area contributed by atoms with E-state index in [-0.39, 0.29) is 5.54 Å². The highest BCUT2D eigenvalue weighted by Crippen LogP contribution is 2.29. The first kappa shape index (κ1) is 15.6. The fraction of sp³-hybridized carbons (Fsp3) is 0.765. The molecule has 1 aliphatic rings. The number of nitrogens with one attached hydrogen (secondary N) is 1. The quantitative estimate of drug-likeness (QED) is 0.760. The van der Waals surface area contributed by atoms with E-state index in [0.717, 1.165) is 30.6 Å². The lowest BCUT2D eigenvalue weighted by atomic mass is 9.83. The molecule has 0 aromatic carbocycles. The lowest BCUT2D eigenvalue weighted by molar-refractivity contribution is 0.0832.